The molecule has 1 atom stereocenters. The monoisotopic (exact) mass is 345 g/mol. The SMILES string of the molecule is COc1ccc(Br)cc1SCCN1CCOC(C)C1. The molecule has 0 amide bonds. The van der Waals surface area contributed by atoms with E-state index in [4.69, 9.17) is 9.47 Å². The Morgan fingerprint density at radius 1 is 1.53 bits per heavy atom. The maximum absolute atomic E-state index is 5.55. The molecule has 0 bridgehead atoms. The second-order valence-corrected chi connectivity index (χ2v) is 6.68. The average Bonchev–Trinajstić information content (AvgIpc) is 2.39. The van der Waals surface area contributed by atoms with Crippen molar-refractivity contribution in [1.29, 1.82) is 0 Å². The number of hydrogen-bond acceptors (Lipinski definition) is 4. The van der Waals surface area contributed by atoms with Gasteiger partial charge in [-0.2, -0.15) is 0 Å². The fourth-order valence-electron chi connectivity index (χ4n) is 2.14. The fourth-order valence-corrected chi connectivity index (χ4v) is 3.73. The van der Waals surface area contributed by atoms with Crippen molar-refractivity contribution in [3.05, 3.63) is 22.7 Å². The van der Waals surface area contributed by atoms with E-state index < -0.39 is 0 Å². The zero-order valence-corrected chi connectivity index (χ0v) is 13.8. The van der Waals surface area contributed by atoms with Gasteiger partial charge in [0, 0.05) is 29.9 Å². The van der Waals surface area contributed by atoms with Gasteiger partial charge in [0.1, 0.15) is 5.75 Å². The number of ether oxygens (including phenoxy) is 2. The van der Waals surface area contributed by atoms with Gasteiger partial charge >= 0.3 is 0 Å². The first-order valence-electron chi connectivity index (χ1n) is 6.49. The molecule has 0 radical (unpaired) electrons. The molecule has 0 aliphatic carbocycles. The Hall–Kier alpha value is -0.230. The topological polar surface area (TPSA) is 21.7 Å². The molecule has 1 saturated heterocycles. The number of thioether (sulfide) groups is 1. The summed E-state index contributed by atoms with van der Waals surface area (Å²) in [5, 5.41) is 0. The standard InChI is InChI=1S/C14H20BrNO2S/c1-11-10-16(5-7-18-11)6-8-19-14-9-12(15)3-4-13(14)17-2/h3-4,9,11H,5-8,10H2,1-2H3. The van der Waals surface area contributed by atoms with Gasteiger partial charge in [-0.25, -0.2) is 0 Å². The largest absolute Gasteiger partial charge is 0.496 e. The van der Waals surface area contributed by atoms with Crippen LogP contribution in [0.1, 0.15) is 6.92 Å². The maximum atomic E-state index is 5.55. The molecule has 1 aliphatic rings. The summed E-state index contributed by atoms with van der Waals surface area (Å²) < 4.78 is 12.0. The molecule has 1 aromatic rings. The average molecular weight is 346 g/mol. The van der Waals surface area contributed by atoms with E-state index in [1.54, 1.807) is 7.11 Å². The number of nitrogens with zero attached hydrogens (tertiary/aromatic N) is 1. The Balaban J connectivity index is 1.83. The van der Waals surface area contributed by atoms with Gasteiger partial charge in [-0.3, -0.25) is 4.90 Å². The highest BCUT2D eigenvalue weighted by Gasteiger charge is 2.16. The Kier molecular flexibility index (Phi) is 6.01. The van der Waals surface area contributed by atoms with Crippen LogP contribution in [0.4, 0.5) is 0 Å². The molecule has 5 heteroatoms. The van der Waals surface area contributed by atoms with Crippen LogP contribution in [0.2, 0.25) is 0 Å². The van der Waals surface area contributed by atoms with Gasteiger partial charge < -0.3 is 9.47 Å². The molecule has 0 N–H and O–H groups in total. The second-order valence-electron chi connectivity index (χ2n) is 4.63. The minimum Gasteiger partial charge on any atom is -0.496 e. The van der Waals surface area contributed by atoms with Crippen LogP contribution in [0.25, 0.3) is 0 Å². The second kappa shape index (κ2) is 7.53. The number of morpholine rings is 1. The summed E-state index contributed by atoms with van der Waals surface area (Å²) in [6.07, 6.45) is 0.360. The lowest BCUT2D eigenvalue weighted by atomic mass is 10.3. The van der Waals surface area contributed by atoms with Gasteiger partial charge in [0.2, 0.25) is 0 Å². The Morgan fingerprint density at radius 3 is 3.11 bits per heavy atom. The summed E-state index contributed by atoms with van der Waals surface area (Å²) in [6, 6.07) is 6.13. The first-order chi connectivity index (χ1) is 9.19. The van der Waals surface area contributed by atoms with Crippen LogP contribution in [-0.2, 0) is 4.74 Å². The van der Waals surface area contributed by atoms with Crippen molar-refractivity contribution in [2.24, 2.45) is 0 Å². The molecule has 19 heavy (non-hydrogen) atoms. The van der Waals surface area contributed by atoms with E-state index in [1.807, 2.05) is 23.9 Å². The van der Waals surface area contributed by atoms with Gasteiger partial charge in [0.15, 0.2) is 0 Å². The van der Waals surface area contributed by atoms with E-state index >= 15 is 0 Å². The number of benzene rings is 1. The molecular formula is C14H20BrNO2S. The van der Waals surface area contributed by atoms with E-state index in [-0.39, 0.29) is 0 Å². The van der Waals surface area contributed by atoms with Crippen molar-refractivity contribution in [3.63, 3.8) is 0 Å². The van der Waals surface area contributed by atoms with Crippen LogP contribution in [-0.4, -0.2) is 50.1 Å². The molecule has 3 nitrogen and oxygen atoms in total. The highest BCUT2D eigenvalue weighted by atomic mass is 79.9. The maximum Gasteiger partial charge on any atom is 0.132 e. The van der Waals surface area contributed by atoms with Crippen LogP contribution in [0.15, 0.2) is 27.6 Å². The number of halogens is 1. The summed E-state index contributed by atoms with van der Waals surface area (Å²) in [5.74, 6) is 2.02. The minimum atomic E-state index is 0.360. The summed E-state index contributed by atoms with van der Waals surface area (Å²) >= 11 is 5.35. The molecule has 1 aliphatic heterocycles. The van der Waals surface area contributed by atoms with E-state index in [0.717, 1.165) is 42.2 Å². The normalized spacial score (nSPS) is 20.5. The van der Waals surface area contributed by atoms with Gasteiger partial charge in [0.05, 0.1) is 24.7 Å². The Labute approximate surface area is 127 Å². The third-order valence-electron chi connectivity index (χ3n) is 3.12. The summed E-state index contributed by atoms with van der Waals surface area (Å²) in [6.45, 7) is 6.16. The quantitative estimate of drug-likeness (QED) is 0.763. The van der Waals surface area contributed by atoms with Crippen LogP contribution in [0.5, 0.6) is 5.75 Å². The lowest BCUT2D eigenvalue weighted by Gasteiger charge is -2.30. The number of rotatable bonds is 5. The Bertz CT molecular complexity index is 416. The molecule has 0 aromatic heterocycles. The molecule has 1 aromatic carbocycles. The van der Waals surface area contributed by atoms with Crippen molar-refractivity contribution in [3.8, 4) is 5.75 Å². The summed E-state index contributed by atoms with van der Waals surface area (Å²) in [5.41, 5.74) is 0. The molecule has 2 rings (SSSR count). The first kappa shape index (κ1) is 15.2. The predicted molar refractivity (Wildman–Crippen MR) is 83.3 cm³/mol. The summed E-state index contributed by atoms with van der Waals surface area (Å²) in [7, 11) is 1.72. The third-order valence-corrected chi connectivity index (χ3v) is 4.63. The highest BCUT2D eigenvalue weighted by molar-refractivity contribution is 9.10. The van der Waals surface area contributed by atoms with E-state index in [2.05, 4.69) is 33.8 Å². The molecule has 1 fully saturated rings. The predicted octanol–water partition coefficient (Wildman–Crippen LogP) is 3.27. The summed E-state index contributed by atoms with van der Waals surface area (Å²) in [4.78, 5) is 3.66. The zero-order valence-electron chi connectivity index (χ0n) is 11.4. The molecule has 1 heterocycles. The number of hydrogen-bond donors (Lipinski definition) is 0. The minimum absolute atomic E-state index is 0.360. The molecule has 106 valence electrons. The van der Waals surface area contributed by atoms with Gasteiger partial charge in [-0.15, -0.1) is 11.8 Å². The van der Waals surface area contributed by atoms with Crippen molar-refractivity contribution >= 4 is 27.7 Å². The van der Waals surface area contributed by atoms with Crippen LogP contribution >= 0.6 is 27.7 Å². The lowest BCUT2D eigenvalue weighted by Crippen LogP contribution is -2.42. The highest BCUT2D eigenvalue weighted by Crippen LogP contribution is 2.31. The van der Waals surface area contributed by atoms with Crippen molar-refractivity contribution in [1.82, 2.24) is 4.90 Å². The van der Waals surface area contributed by atoms with E-state index in [1.165, 1.54) is 4.90 Å². The van der Waals surface area contributed by atoms with Crippen LogP contribution in [0.3, 0.4) is 0 Å². The molecule has 1 unspecified atom stereocenters. The fraction of sp³-hybridized carbons (Fsp3) is 0.571. The lowest BCUT2D eigenvalue weighted by molar-refractivity contribution is -0.0158. The van der Waals surface area contributed by atoms with Crippen molar-refractivity contribution in [2.75, 3.05) is 39.1 Å². The molecule has 0 spiro atoms. The van der Waals surface area contributed by atoms with E-state index in [0.29, 0.717) is 6.10 Å². The van der Waals surface area contributed by atoms with Gasteiger partial charge in [-0.05, 0) is 25.1 Å². The number of methoxy groups -OCH3 is 1. The smallest absolute Gasteiger partial charge is 0.132 e. The van der Waals surface area contributed by atoms with Crippen molar-refractivity contribution < 1.29 is 9.47 Å². The van der Waals surface area contributed by atoms with Crippen molar-refractivity contribution in [2.45, 2.75) is 17.9 Å². The van der Waals surface area contributed by atoms with Gasteiger partial charge in [0.25, 0.3) is 0 Å². The molecule has 0 saturated carbocycles. The first-order valence-corrected chi connectivity index (χ1v) is 8.27. The Morgan fingerprint density at radius 2 is 2.37 bits per heavy atom. The zero-order chi connectivity index (χ0) is 13.7. The molecular weight excluding hydrogens is 326 g/mol. The van der Waals surface area contributed by atoms with E-state index in [9.17, 15) is 0 Å². The van der Waals surface area contributed by atoms with Crippen LogP contribution < -0.4 is 4.74 Å². The van der Waals surface area contributed by atoms with Crippen LogP contribution in [0, 0.1) is 0 Å². The third kappa shape index (κ3) is 4.67. The van der Waals surface area contributed by atoms with Gasteiger partial charge in [-0.1, -0.05) is 15.9 Å².